The van der Waals surface area contributed by atoms with Crippen LogP contribution in [0.2, 0.25) is 0 Å². The SMILES string of the molecule is CC(C)(C)NC(=S)Nc1ccc(CC(=O)O)cc1. The van der Waals surface area contributed by atoms with Crippen LogP contribution in [-0.2, 0) is 11.2 Å². The molecular formula is C13H18N2O2S. The molecule has 1 aromatic rings. The van der Waals surface area contributed by atoms with Crippen LogP contribution >= 0.6 is 12.2 Å². The first-order valence-corrected chi connectivity index (χ1v) is 6.07. The zero-order valence-electron chi connectivity index (χ0n) is 10.8. The molecule has 0 amide bonds. The molecule has 0 fully saturated rings. The molecule has 1 rings (SSSR count). The van der Waals surface area contributed by atoms with E-state index in [0.717, 1.165) is 11.3 Å². The lowest BCUT2D eigenvalue weighted by atomic mass is 10.1. The van der Waals surface area contributed by atoms with Gasteiger partial charge in [-0.15, -0.1) is 0 Å². The molecule has 0 saturated heterocycles. The summed E-state index contributed by atoms with van der Waals surface area (Å²) in [5, 5.41) is 15.4. The minimum Gasteiger partial charge on any atom is -0.481 e. The van der Waals surface area contributed by atoms with E-state index in [1.807, 2.05) is 32.9 Å². The molecule has 0 aliphatic heterocycles. The van der Waals surface area contributed by atoms with Crippen molar-refractivity contribution in [2.24, 2.45) is 0 Å². The highest BCUT2D eigenvalue weighted by molar-refractivity contribution is 7.80. The van der Waals surface area contributed by atoms with Crippen molar-refractivity contribution in [3.05, 3.63) is 29.8 Å². The number of hydrogen-bond acceptors (Lipinski definition) is 2. The lowest BCUT2D eigenvalue weighted by Gasteiger charge is -2.23. The summed E-state index contributed by atoms with van der Waals surface area (Å²) in [4.78, 5) is 10.5. The predicted octanol–water partition coefficient (Wildman–Crippen LogP) is 2.40. The van der Waals surface area contributed by atoms with Crippen LogP contribution in [0.4, 0.5) is 5.69 Å². The van der Waals surface area contributed by atoms with Crippen LogP contribution in [-0.4, -0.2) is 21.7 Å². The normalized spacial score (nSPS) is 10.8. The number of carbonyl (C=O) groups is 1. The molecule has 0 aromatic heterocycles. The van der Waals surface area contributed by atoms with Gasteiger partial charge in [-0.2, -0.15) is 0 Å². The molecule has 0 spiro atoms. The minimum absolute atomic E-state index is 0.0327. The smallest absolute Gasteiger partial charge is 0.307 e. The van der Waals surface area contributed by atoms with Crippen molar-refractivity contribution in [2.45, 2.75) is 32.7 Å². The average molecular weight is 266 g/mol. The van der Waals surface area contributed by atoms with Gasteiger partial charge in [-0.1, -0.05) is 12.1 Å². The molecule has 0 bridgehead atoms. The van der Waals surface area contributed by atoms with E-state index in [4.69, 9.17) is 17.3 Å². The Morgan fingerprint density at radius 3 is 2.28 bits per heavy atom. The first kappa shape index (κ1) is 14.4. The molecule has 0 aliphatic rings. The van der Waals surface area contributed by atoms with Crippen molar-refractivity contribution in [1.29, 1.82) is 0 Å². The van der Waals surface area contributed by atoms with Crippen molar-refractivity contribution in [1.82, 2.24) is 5.32 Å². The van der Waals surface area contributed by atoms with Gasteiger partial charge in [0.15, 0.2) is 5.11 Å². The molecule has 0 atom stereocenters. The van der Waals surface area contributed by atoms with Crippen LogP contribution in [0.25, 0.3) is 0 Å². The molecule has 0 radical (unpaired) electrons. The Hall–Kier alpha value is -1.62. The number of nitrogens with one attached hydrogen (secondary N) is 2. The fourth-order valence-electron chi connectivity index (χ4n) is 1.38. The van der Waals surface area contributed by atoms with E-state index in [1.165, 1.54) is 0 Å². The highest BCUT2D eigenvalue weighted by atomic mass is 32.1. The molecular weight excluding hydrogens is 248 g/mol. The summed E-state index contributed by atoms with van der Waals surface area (Å²) < 4.78 is 0. The lowest BCUT2D eigenvalue weighted by Crippen LogP contribution is -2.42. The fraction of sp³-hybridized carbons (Fsp3) is 0.385. The summed E-state index contributed by atoms with van der Waals surface area (Å²) in [5.74, 6) is -0.833. The summed E-state index contributed by atoms with van der Waals surface area (Å²) >= 11 is 5.17. The summed E-state index contributed by atoms with van der Waals surface area (Å²) in [6.45, 7) is 6.07. The molecule has 0 saturated carbocycles. The largest absolute Gasteiger partial charge is 0.481 e. The molecule has 0 aliphatic carbocycles. The van der Waals surface area contributed by atoms with Crippen molar-refractivity contribution < 1.29 is 9.90 Å². The van der Waals surface area contributed by atoms with Crippen LogP contribution in [0.1, 0.15) is 26.3 Å². The summed E-state index contributed by atoms with van der Waals surface area (Å²) in [5.41, 5.74) is 1.52. The van der Waals surface area contributed by atoms with Crippen LogP contribution in [0.5, 0.6) is 0 Å². The number of benzene rings is 1. The quantitative estimate of drug-likeness (QED) is 0.733. The maximum atomic E-state index is 10.5. The highest BCUT2D eigenvalue weighted by Gasteiger charge is 2.10. The van der Waals surface area contributed by atoms with Crippen LogP contribution < -0.4 is 10.6 Å². The third-order valence-electron chi connectivity index (χ3n) is 2.06. The van der Waals surface area contributed by atoms with Gasteiger partial charge in [0.05, 0.1) is 6.42 Å². The Bertz CT molecular complexity index is 435. The van der Waals surface area contributed by atoms with Crippen LogP contribution in [0, 0.1) is 0 Å². The second-order valence-electron chi connectivity index (χ2n) is 5.10. The first-order chi connectivity index (χ1) is 8.26. The van der Waals surface area contributed by atoms with E-state index in [0.29, 0.717) is 5.11 Å². The Kier molecular flexibility index (Phi) is 4.67. The topological polar surface area (TPSA) is 61.4 Å². The molecule has 3 N–H and O–H groups in total. The van der Waals surface area contributed by atoms with Gasteiger partial charge in [0, 0.05) is 11.2 Å². The van der Waals surface area contributed by atoms with Crippen LogP contribution in [0.15, 0.2) is 24.3 Å². The Morgan fingerprint density at radius 2 is 1.83 bits per heavy atom. The minimum atomic E-state index is -0.833. The zero-order valence-corrected chi connectivity index (χ0v) is 11.6. The van der Waals surface area contributed by atoms with Crippen molar-refractivity contribution in [3.8, 4) is 0 Å². The molecule has 98 valence electrons. The van der Waals surface area contributed by atoms with E-state index in [1.54, 1.807) is 12.1 Å². The zero-order chi connectivity index (χ0) is 13.8. The van der Waals surface area contributed by atoms with Gasteiger partial charge >= 0.3 is 5.97 Å². The summed E-state index contributed by atoms with van der Waals surface area (Å²) in [7, 11) is 0. The number of aliphatic carboxylic acids is 1. The summed E-state index contributed by atoms with van der Waals surface area (Å²) in [6.07, 6.45) is 0.0327. The number of rotatable bonds is 3. The number of thiocarbonyl (C=S) groups is 1. The van der Waals surface area contributed by atoms with Crippen molar-refractivity contribution >= 4 is 29.0 Å². The first-order valence-electron chi connectivity index (χ1n) is 5.66. The molecule has 1 aromatic carbocycles. The molecule has 0 unspecified atom stereocenters. The van der Waals surface area contributed by atoms with E-state index >= 15 is 0 Å². The molecule has 5 heteroatoms. The van der Waals surface area contributed by atoms with Crippen molar-refractivity contribution in [2.75, 3.05) is 5.32 Å². The summed E-state index contributed by atoms with van der Waals surface area (Å²) in [6, 6.07) is 7.18. The fourth-order valence-corrected chi connectivity index (χ4v) is 1.81. The Morgan fingerprint density at radius 1 is 1.28 bits per heavy atom. The third kappa shape index (κ3) is 5.63. The monoisotopic (exact) mass is 266 g/mol. The van der Waals surface area contributed by atoms with Gasteiger partial charge in [0.2, 0.25) is 0 Å². The van der Waals surface area contributed by atoms with E-state index in [-0.39, 0.29) is 12.0 Å². The molecule has 18 heavy (non-hydrogen) atoms. The van der Waals surface area contributed by atoms with E-state index in [2.05, 4.69) is 10.6 Å². The third-order valence-corrected chi connectivity index (χ3v) is 2.26. The Balaban J connectivity index is 2.58. The second kappa shape index (κ2) is 5.82. The standard InChI is InChI=1S/C13H18N2O2S/c1-13(2,3)15-12(18)14-10-6-4-9(5-7-10)8-11(16)17/h4-7H,8H2,1-3H3,(H,16,17)(H2,14,15,18). The van der Waals surface area contributed by atoms with Gasteiger partial charge < -0.3 is 15.7 Å². The lowest BCUT2D eigenvalue weighted by molar-refractivity contribution is -0.136. The van der Waals surface area contributed by atoms with Crippen molar-refractivity contribution in [3.63, 3.8) is 0 Å². The number of hydrogen-bond donors (Lipinski definition) is 3. The second-order valence-corrected chi connectivity index (χ2v) is 5.50. The molecule has 4 nitrogen and oxygen atoms in total. The number of anilines is 1. The maximum absolute atomic E-state index is 10.5. The van der Waals surface area contributed by atoms with Crippen LogP contribution in [0.3, 0.4) is 0 Å². The van der Waals surface area contributed by atoms with Gasteiger partial charge in [0.1, 0.15) is 0 Å². The number of carboxylic acids is 1. The Labute approximate surface area is 112 Å². The molecule has 0 heterocycles. The van der Waals surface area contributed by atoms with Gasteiger partial charge in [-0.3, -0.25) is 4.79 Å². The van der Waals surface area contributed by atoms with Gasteiger partial charge in [0.25, 0.3) is 0 Å². The highest BCUT2D eigenvalue weighted by Crippen LogP contribution is 2.10. The van der Waals surface area contributed by atoms with Gasteiger partial charge in [-0.05, 0) is 50.7 Å². The van der Waals surface area contributed by atoms with E-state index < -0.39 is 5.97 Å². The predicted molar refractivity (Wildman–Crippen MR) is 76.9 cm³/mol. The average Bonchev–Trinajstić information content (AvgIpc) is 2.17. The van der Waals surface area contributed by atoms with Gasteiger partial charge in [-0.25, -0.2) is 0 Å². The van der Waals surface area contributed by atoms with E-state index in [9.17, 15) is 4.79 Å². The number of carboxylic acid groups (broad SMARTS) is 1. The maximum Gasteiger partial charge on any atom is 0.307 e.